The van der Waals surface area contributed by atoms with Crippen molar-refractivity contribution in [3.8, 4) is 17.5 Å². The number of hydrogen-bond acceptors (Lipinski definition) is 6. The molecule has 0 unspecified atom stereocenters. The van der Waals surface area contributed by atoms with Crippen molar-refractivity contribution in [1.82, 2.24) is 15.0 Å². The largest absolute Gasteiger partial charge is 0.351 e. The molecule has 6 nitrogen and oxygen atoms in total. The summed E-state index contributed by atoms with van der Waals surface area (Å²) in [7, 11) is 0. The van der Waals surface area contributed by atoms with Crippen LogP contribution in [0.25, 0.3) is 11.4 Å². The first-order chi connectivity index (χ1) is 12.3. The third kappa shape index (κ3) is 3.56. The lowest BCUT2D eigenvalue weighted by atomic mass is 10.2. The fourth-order valence-corrected chi connectivity index (χ4v) is 2.46. The van der Waals surface area contributed by atoms with Crippen LogP contribution in [0.15, 0.2) is 54.7 Å². The molecule has 4 rings (SSSR count). The minimum atomic E-state index is 0.443. The van der Waals surface area contributed by atoms with Gasteiger partial charge in [0.05, 0.1) is 22.6 Å². The summed E-state index contributed by atoms with van der Waals surface area (Å²) in [5, 5.41) is 15.8. The van der Waals surface area contributed by atoms with Crippen molar-refractivity contribution in [1.29, 1.82) is 5.26 Å². The fraction of sp³-hybridized carbons (Fsp3) is 0.158. The van der Waals surface area contributed by atoms with Gasteiger partial charge in [-0.3, -0.25) is 4.98 Å². The molecule has 1 aliphatic carbocycles. The topological polar surface area (TPSA) is 86.5 Å². The number of nitrogens with zero attached hydrogens (tertiary/aromatic N) is 4. The molecule has 0 atom stereocenters. The number of hydrogen-bond donors (Lipinski definition) is 2. The molecule has 6 heteroatoms. The summed E-state index contributed by atoms with van der Waals surface area (Å²) in [6, 6.07) is 17.5. The predicted octanol–water partition coefficient (Wildman–Crippen LogP) is 3.73. The van der Waals surface area contributed by atoms with Gasteiger partial charge < -0.3 is 10.6 Å². The molecule has 1 aromatic carbocycles. The van der Waals surface area contributed by atoms with E-state index in [-0.39, 0.29) is 0 Å². The summed E-state index contributed by atoms with van der Waals surface area (Å²) in [5.41, 5.74) is 2.79. The van der Waals surface area contributed by atoms with Crippen molar-refractivity contribution in [2.45, 2.75) is 18.9 Å². The summed E-state index contributed by atoms with van der Waals surface area (Å²) < 4.78 is 0. The van der Waals surface area contributed by atoms with Crippen LogP contribution in [0.3, 0.4) is 0 Å². The summed E-state index contributed by atoms with van der Waals surface area (Å²) in [6.07, 6.45) is 4.01. The van der Waals surface area contributed by atoms with Gasteiger partial charge in [0.2, 0.25) is 5.95 Å². The van der Waals surface area contributed by atoms with Crippen LogP contribution in [0.4, 0.5) is 17.5 Å². The second-order valence-corrected chi connectivity index (χ2v) is 5.88. The zero-order chi connectivity index (χ0) is 17.1. The van der Waals surface area contributed by atoms with Crippen molar-refractivity contribution in [3.05, 3.63) is 60.3 Å². The Bertz CT molecular complexity index is 928. The van der Waals surface area contributed by atoms with E-state index in [9.17, 15) is 5.26 Å². The van der Waals surface area contributed by atoms with Crippen molar-refractivity contribution < 1.29 is 0 Å². The van der Waals surface area contributed by atoms with Gasteiger partial charge in [-0.25, -0.2) is 4.98 Å². The Balaban J connectivity index is 1.72. The van der Waals surface area contributed by atoms with Crippen LogP contribution in [0.2, 0.25) is 0 Å². The van der Waals surface area contributed by atoms with Crippen molar-refractivity contribution >= 4 is 17.5 Å². The predicted molar refractivity (Wildman–Crippen MR) is 96.3 cm³/mol. The molecule has 122 valence electrons. The third-order valence-electron chi connectivity index (χ3n) is 3.87. The first-order valence-corrected chi connectivity index (χ1v) is 8.15. The maximum atomic E-state index is 9.27. The van der Waals surface area contributed by atoms with E-state index in [0.29, 0.717) is 29.1 Å². The van der Waals surface area contributed by atoms with Crippen molar-refractivity contribution in [3.63, 3.8) is 0 Å². The van der Waals surface area contributed by atoms with Gasteiger partial charge in [0, 0.05) is 18.3 Å². The van der Waals surface area contributed by atoms with Gasteiger partial charge in [0.1, 0.15) is 11.9 Å². The van der Waals surface area contributed by atoms with Crippen LogP contribution in [-0.2, 0) is 0 Å². The molecule has 0 saturated heterocycles. The van der Waals surface area contributed by atoms with E-state index in [1.54, 1.807) is 12.3 Å². The average Bonchev–Trinajstić information content (AvgIpc) is 3.47. The molecule has 1 saturated carbocycles. The van der Waals surface area contributed by atoms with Gasteiger partial charge in [-0.1, -0.05) is 18.2 Å². The molecule has 2 heterocycles. The van der Waals surface area contributed by atoms with E-state index in [1.807, 2.05) is 42.5 Å². The number of aromatic nitrogens is 3. The molecular weight excluding hydrogens is 312 g/mol. The molecule has 3 aromatic rings. The number of rotatable bonds is 5. The van der Waals surface area contributed by atoms with Crippen molar-refractivity contribution in [2.24, 2.45) is 0 Å². The summed E-state index contributed by atoms with van der Waals surface area (Å²) >= 11 is 0. The van der Waals surface area contributed by atoms with E-state index in [0.717, 1.165) is 24.2 Å². The summed E-state index contributed by atoms with van der Waals surface area (Å²) in [4.78, 5) is 13.5. The number of anilines is 3. The summed E-state index contributed by atoms with van der Waals surface area (Å²) in [5.74, 6) is 1.20. The normalized spacial score (nSPS) is 13.1. The standard InChI is InChI=1S/C19H16N6/c20-12-13-5-1-2-6-15(13)23-18-11-17(16-7-3-4-10-21-16)24-19(25-18)22-14-8-9-14/h1-7,10-11,14H,8-9H2,(H2,22,23,24,25). The number of pyridine rings is 1. The van der Waals surface area contributed by atoms with Gasteiger partial charge in [-0.15, -0.1) is 0 Å². The zero-order valence-electron chi connectivity index (χ0n) is 13.5. The Hall–Kier alpha value is -3.46. The van der Waals surface area contributed by atoms with Gasteiger partial charge in [-0.2, -0.15) is 10.2 Å². The Kier molecular flexibility index (Phi) is 3.97. The first-order valence-electron chi connectivity index (χ1n) is 8.15. The Morgan fingerprint density at radius 3 is 2.60 bits per heavy atom. The van der Waals surface area contributed by atoms with E-state index in [2.05, 4.69) is 31.7 Å². The molecular formula is C19H16N6. The van der Waals surface area contributed by atoms with Gasteiger partial charge >= 0.3 is 0 Å². The quantitative estimate of drug-likeness (QED) is 0.742. The van der Waals surface area contributed by atoms with E-state index >= 15 is 0 Å². The molecule has 1 aliphatic rings. The Morgan fingerprint density at radius 1 is 1.00 bits per heavy atom. The minimum absolute atomic E-state index is 0.443. The van der Waals surface area contributed by atoms with Crippen LogP contribution < -0.4 is 10.6 Å². The molecule has 25 heavy (non-hydrogen) atoms. The monoisotopic (exact) mass is 328 g/mol. The Labute approximate surface area is 145 Å². The lowest BCUT2D eigenvalue weighted by Crippen LogP contribution is -2.08. The smallest absolute Gasteiger partial charge is 0.225 e. The van der Waals surface area contributed by atoms with E-state index in [4.69, 9.17) is 0 Å². The maximum absolute atomic E-state index is 9.27. The number of nitriles is 1. The van der Waals surface area contributed by atoms with Crippen LogP contribution in [0.5, 0.6) is 0 Å². The van der Waals surface area contributed by atoms with Crippen LogP contribution in [0.1, 0.15) is 18.4 Å². The minimum Gasteiger partial charge on any atom is -0.351 e. The third-order valence-corrected chi connectivity index (χ3v) is 3.87. The van der Waals surface area contributed by atoms with Gasteiger partial charge in [0.15, 0.2) is 0 Å². The first kappa shape index (κ1) is 15.1. The highest BCUT2D eigenvalue weighted by atomic mass is 15.2. The van der Waals surface area contributed by atoms with E-state index < -0.39 is 0 Å². The fourth-order valence-electron chi connectivity index (χ4n) is 2.46. The highest BCUT2D eigenvalue weighted by Gasteiger charge is 2.22. The molecule has 2 aromatic heterocycles. The van der Waals surface area contributed by atoms with Crippen molar-refractivity contribution in [2.75, 3.05) is 10.6 Å². The zero-order valence-corrected chi connectivity index (χ0v) is 13.5. The summed E-state index contributed by atoms with van der Waals surface area (Å²) in [6.45, 7) is 0. The number of nitrogens with one attached hydrogen (secondary N) is 2. The van der Waals surface area contributed by atoms with Gasteiger partial charge in [0.25, 0.3) is 0 Å². The van der Waals surface area contributed by atoms with Crippen LogP contribution >= 0.6 is 0 Å². The highest BCUT2D eigenvalue weighted by molar-refractivity contribution is 5.68. The SMILES string of the molecule is N#Cc1ccccc1Nc1cc(-c2ccccn2)nc(NC2CC2)n1. The highest BCUT2D eigenvalue weighted by Crippen LogP contribution is 2.27. The maximum Gasteiger partial charge on any atom is 0.225 e. The van der Waals surface area contributed by atoms with Crippen LogP contribution in [-0.4, -0.2) is 21.0 Å². The molecule has 0 bridgehead atoms. The molecule has 2 N–H and O–H groups in total. The second kappa shape index (κ2) is 6.57. The lowest BCUT2D eigenvalue weighted by molar-refractivity contribution is 1.05. The molecule has 0 spiro atoms. The number of benzene rings is 1. The number of para-hydroxylation sites is 1. The molecule has 1 fully saturated rings. The lowest BCUT2D eigenvalue weighted by Gasteiger charge is -2.11. The van der Waals surface area contributed by atoms with E-state index in [1.165, 1.54) is 0 Å². The Morgan fingerprint density at radius 2 is 1.84 bits per heavy atom. The van der Waals surface area contributed by atoms with Crippen LogP contribution in [0, 0.1) is 11.3 Å². The average molecular weight is 328 g/mol. The molecule has 0 aliphatic heterocycles. The second-order valence-electron chi connectivity index (χ2n) is 5.88. The molecule has 0 amide bonds. The molecule has 0 radical (unpaired) electrons. The van der Waals surface area contributed by atoms with Gasteiger partial charge in [-0.05, 0) is 37.1 Å².